The summed E-state index contributed by atoms with van der Waals surface area (Å²) in [4.78, 5) is 11.8. The summed E-state index contributed by atoms with van der Waals surface area (Å²) < 4.78 is 1.73. The van der Waals surface area contributed by atoms with Crippen LogP contribution in [0.1, 0.15) is 22.1 Å². The largest absolute Gasteiger partial charge is 0.310 e. The number of halogens is 1. The van der Waals surface area contributed by atoms with Gasteiger partial charge in [-0.3, -0.25) is 9.48 Å². The summed E-state index contributed by atoms with van der Waals surface area (Å²) >= 11 is 7.56. The van der Waals surface area contributed by atoms with E-state index in [4.69, 9.17) is 11.6 Å². The van der Waals surface area contributed by atoms with Gasteiger partial charge in [0.15, 0.2) is 0 Å². The van der Waals surface area contributed by atoms with E-state index < -0.39 is 0 Å². The molecule has 1 atom stereocenters. The minimum Gasteiger partial charge on any atom is -0.310 e. The Labute approximate surface area is 126 Å². The van der Waals surface area contributed by atoms with Crippen molar-refractivity contribution in [2.45, 2.75) is 12.2 Å². The van der Waals surface area contributed by atoms with Gasteiger partial charge in [0.25, 0.3) is 0 Å². The first-order valence-corrected chi connectivity index (χ1v) is 7.69. The fourth-order valence-corrected chi connectivity index (χ4v) is 3.76. The molecule has 0 bridgehead atoms. The van der Waals surface area contributed by atoms with Crippen LogP contribution in [0.5, 0.6) is 0 Å². The Morgan fingerprint density at radius 3 is 2.80 bits per heavy atom. The van der Waals surface area contributed by atoms with E-state index in [9.17, 15) is 4.79 Å². The highest BCUT2D eigenvalue weighted by Crippen LogP contribution is 2.42. The molecule has 0 saturated heterocycles. The van der Waals surface area contributed by atoms with Crippen LogP contribution in [0.2, 0.25) is 5.02 Å². The molecule has 2 aromatic rings. The number of thioether (sulfide) groups is 1. The van der Waals surface area contributed by atoms with Crippen LogP contribution in [0.4, 0.5) is 5.82 Å². The number of fused-ring (bicyclic) bond motifs is 1. The molecule has 0 radical (unpaired) electrons. The van der Waals surface area contributed by atoms with E-state index in [0.29, 0.717) is 10.8 Å². The van der Waals surface area contributed by atoms with Gasteiger partial charge in [0.1, 0.15) is 5.82 Å². The molecular weight excluding hydrogens is 294 g/mol. The van der Waals surface area contributed by atoms with E-state index in [-0.39, 0.29) is 11.2 Å². The van der Waals surface area contributed by atoms with Crippen molar-refractivity contribution in [2.24, 2.45) is 7.05 Å². The van der Waals surface area contributed by atoms with E-state index in [2.05, 4.69) is 10.4 Å². The van der Waals surface area contributed by atoms with Crippen molar-refractivity contribution >= 4 is 35.1 Å². The van der Waals surface area contributed by atoms with Gasteiger partial charge in [0.2, 0.25) is 5.91 Å². The van der Waals surface area contributed by atoms with Gasteiger partial charge < -0.3 is 5.32 Å². The molecule has 1 amide bonds. The summed E-state index contributed by atoms with van der Waals surface area (Å²) in [5, 5.41) is 8.17. The van der Waals surface area contributed by atoms with Gasteiger partial charge in [0.05, 0.1) is 16.7 Å². The minimum absolute atomic E-state index is 0.00992. The molecule has 1 unspecified atom stereocenters. The molecule has 0 spiro atoms. The number of aryl methyl sites for hydroxylation is 2. The lowest BCUT2D eigenvalue weighted by Gasteiger charge is -2.15. The Hall–Kier alpha value is -1.46. The first-order chi connectivity index (χ1) is 9.56. The fraction of sp³-hybridized carbons (Fsp3) is 0.286. The average Bonchev–Trinajstić information content (AvgIpc) is 2.60. The predicted octanol–water partition coefficient (Wildman–Crippen LogP) is 3.16. The van der Waals surface area contributed by atoms with Crippen LogP contribution >= 0.6 is 23.4 Å². The molecule has 1 aliphatic heterocycles. The molecule has 1 N–H and O–H groups in total. The number of amides is 1. The zero-order chi connectivity index (χ0) is 14.3. The van der Waals surface area contributed by atoms with Crippen LogP contribution in [0.3, 0.4) is 0 Å². The summed E-state index contributed by atoms with van der Waals surface area (Å²) in [6.07, 6.45) is 0. The number of rotatable bonds is 1. The first-order valence-electron chi connectivity index (χ1n) is 6.26. The molecule has 104 valence electrons. The molecule has 0 aliphatic carbocycles. The number of benzene rings is 1. The Morgan fingerprint density at radius 2 is 2.10 bits per heavy atom. The average molecular weight is 308 g/mol. The van der Waals surface area contributed by atoms with E-state index in [1.165, 1.54) is 0 Å². The molecule has 1 aromatic heterocycles. The predicted molar refractivity (Wildman–Crippen MR) is 82.3 cm³/mol. The summed E-state index contributed by atoms with van der Waals surface area (Å²) in [5.41, 5.74) is 3.15. The van der Waals surface area contributed by atoms with E-state index in [0.717, 1.165) is 22.6 Å². The maximum absolute atomic E-state index is 11.8. The third-order valence-electron chi connectivity index (χ3n) is 3.34. The van der Waals surface area contributed by atoms with E-state index in [1.54, 1.807) is 16.4 Å². The van der Waals surface area contributed by atoms with Gasteiger partial charge in [-0.25, -0.2) is 0 Å². The third-order valence-corrected chi connectivity index (χ3v) is 4.86. The lowest BCUT2D eigenvalue weighted by Crippen LogP contribution is -2.15. The second kappa shape index (κ2) is 5.14. The first kappa shape index (κ1) is 13.5. The van der Waals surface area contributed by atoms with Crippen LogP contribution in [0.15, 0.2) is 24.3 Å². The number of aromatic nitrogens is 2. The molecular formula is C14H14ClN3OS. The van der Waals surface area contributed by atoms with Gasteiger partial charge >= 0.3 is 0 Å². The molecule has 3 rings (SSSR count). The highest BCUT2D eigenvalue weighted by Gasteiger charge is 2.29. The normalized spacial score (nSPS) is 18.4. The van der Waals surface area contributed by atoms with Crippen molar-refractivity contribution in [1.29, 1.82) is 0 Å². The number of hydrogen-bond donors (Lipinski definition) is 1. The van der Waals surface area contributed by atoms with E-state index in [1.807, 2.05) is 38.2 Å². The number of hydrogen-bond acceptors (Lipinski definition) is 3. The Morgan fingerprint density at radius 1 is 1.40 bits per heavy atom. The lowest BCUT2D eigenvalue weighted by atomic mass is 10.0. The van der Waals surface area contributed by atoms with Gasteiger partial charge in [-0.1, -0.05) is 23.7 Å². The fourth-order valence-electron chi connectivity index (χ4n) is 2.45. The van der Waals surface area contributed by atoms with Crippen LogP contribution in [0.25, 0.3) is 0 Å². The number of nitrogens with one attached hydrogen (secondary N) is 1. The van der Waals surface area contributed by atoms with Crippen LogP contribution in [-0.4, -0.2) is 21.4 Å². The second-order valence-electron chi connectivity index (χ2n) is 4.76. The molecule has 0 fully saturated rings. The van der Waals surface area contributed by atoms with Crippen molar-refractivity contribution in [3.05, 3.63) is 46.1 Å². The van der Waals surface area contributed by atoms with Crippen LogP contribution in [-0.2, 0) is 11.8 Å². The second-order valence-corrected chi connectivity index (χ2v) is 6.29. The van der Waals surface area contributed by atoms with Gasteiger partial charge in [0, 0.05) is 17.6 Å². The maximum atomic E-state index is 11.8. The van der Waals surface area contributed by atoms with Crippen molar-refractivity contribution in [3.63, 3.8) is 0 Å². The number of anilines is 1. The molecule has 0 saturated carbocycles. The zero-order valence-electron chi connectivity index (χ0n) is 11.2. The monoisotopic (exact) mass is 307 g/mol. The molecule has 20 heavy (non-hydrogen) atoms. The summed E-state index contributed by atoms with van der Waals surface area (Å²) in [5.74, 6) is 1.23. The zero-order valence-corrected chi connectivity index (χ0v) is 12.8. The number of nitrogens with zero attached hydrogens (tertiary/aromatic N) is 2. The SMILES string of the molecule is Cc1nn(C)c2c1C(c1ccc(Cl)cc1)SCC(=O)N2. The summed E-state index contributed by atoms with van der Waals surface area (Å²) in [6, 6.07) is 7.77. The molecule has 4 nitrogen and oxygen atoms in total. The van der Waals surface area contributed by atoms with Crippen molar-refractivity contribution < 1.29 is 4.79 Å². The van der Waals surface area contributed by atoms with Crippen molar-refractivity contribution in [1.82, 2.24) is 9.78 Å². The number of carbonyl (C=O) groups is 1. The van der Waals surface area contributed by atoms with Gasteiger partial charge in [-0.15, -0.1) is 11.8 Å². The molecule has 2 heterocycles. The van der Waals surface area contributed by atoms with Gasteiger partial charge in [-0.2, -0.15) is 5.10 Å². The summed E-state index contributed by atoms with van der Waals surface area (Å²) in [6.45, 7) is 1.97. The summed E-state index contributed by atoms with van der Waals surface area (Å²) in [7, 11) is 1.85. The smallest absolute Gasteiger partial charge is 0.235 e. The molecule has 1 aliphatic rings. The van der Waals surface area contributed by atoms with Crippen molar-refractivity contribution in [2.75, 3.05) is 11.1 Å². The Balaban J connectivity index is 2.12. The highest BCUT2D eigenvalue weighted by molar-refractivity contribution is 8.00. The quantitative estimate of drug-likeness (QED) is 0.880. The standard InChI is InChI=1S/C14H14ClN3OS/c1-8-12-13(9-3-5-10(15)6-4-9)20-7-11(19)16-14(12)18(2)17-8/h3-6,13H,7H2,1-2H3,(H,16,19). The molecule has 1 aromatic carbocycles. The van der Waals surface area contributed by atoms with Crippen LogP contribution in [0, 0.1) is 6.92 Å². The Kier molecular flexibility index (Phi) is 3.48. The highest BCUT2D eigenvalue weighted by atomic mass is 35.5. The Bertz CT molecular complexity index is 666. The minimum atomic E-state index is 0.00992. The number of carbonyl (C=O) groups excluding carboxylic acids is 1. The van der Waals surface area contributed by atoms with Gasteiger partial charge in [-0.05, 0) is 24.6 Å². The van der Waals surface area contributed by atoms with E-state index >= 15 is 0 Å². The molecule has 6 heteroatoms. The maximum Gasteiger partial charge on any atom is 0.235 e. The van der Waals surface area contributed by atoms with Crippen molar-refractivity contribution in [3.8, 4) is 0 Å². The topological polar surface area (TPSA) is 46.9 Å². The lowest BCUT2D eigenvalue weighted by molar-refractivity contribution is -0.113. The third kappa shape index (κ3) is 2.31. The van der Waals surface area contributed by atoms with Crippen LogP contribution < -0.4 is 5.32 Å².